The van der Waals surface area contributed by atoms with E-state index in [-0.39, 0.29) is 5.78 Å². The molecule has 1 nitrogen and oxygen atoms in total. The summed E-state index contributed by atoms with van der Waals surface area (Å²) in [6, 6.07) is 14.3. The van der Waals surface area contributed by atoms with E-state index in [1.165, 1.54) is 10.8 Å². The fourth-order valence-corrected chi connectivity index (χ4v) is 1.71. The Morgan fingerprint density at radius 1 is 1.00 bits per heavy atom. The molecular weight excluding hydrogens is 196 g/mol. The SMILES string of the molecule is CC(=O)C(C)=Cc1cccc2ccccc12. The highest BCUT2D eigenvalue weighted by Crippen LogP contribution is 2.20. The van der Waals surface area contributed by atoms with E-state index < -0.39 is 0 Å². The summed E-state index contributed by atoms with van der Waals surface area (Å²) >= 11 is 0. The predicted molar refractivity (Wildman–Crippen MR) is 68.3 cm³/mol. The van der Waals surface area contributed by atoms with Gasteiger partial charge in [0.15, 0.2) is 5.78 Å². The molecular formula is C15H14O. The third-order valence-electron chi connectivity index (χ3n) is 2.75. The van der Waals surface area contributed by atoms with Gasteiger partial charge in [-0.1, -0.05) is 42.5 Å². The monoisotopic (exact) mass is 210 g/mol. The molecule has 2 rings (SSSR count). The Bertz CT molecular complexity index is 559. The van der Waals surface area contributed by atoms with Crippen LogP contribution in [0, 0.1) is 0 Å². The zero-order valence-electron chi connectivity index (χ0n) is 9.53. The number of carbonyl (C=O) groups excluding carboxylic acids is 1. The Balaban J connectivity index is 2.61. The van der Waals surface area contributed by atoms with Crippen molar-refractivity contribution < 1.29 is 4.79 Å². The summed E-state index contributed by atoms with van der Waals surface area (Å²) in [6.07, 6.45) is 1.95. The van der Waals surface area contributed by atoms with Gasteiger partial charge in [-0.25, -0.2) is 0 Å². The van der Waals surface area contributed by atoms with Crippen molar-refractivity contribution in [3.63, 3.8) is 0 Å². The van der Waals surface area contributed by atoms with Crippen molar-refractivity contribution >= 4 is 22.6 Å². The van der Waals surface area contributed by atoms with Crippen LogP contribution in [0.3, 0.4) is 0 Å². The number of ketones is 1. The third-order valence-corrected chi connectivity index (χ3v) is 2.75. The van der Waals surface area contributed by atoms with Crippen LogP contribution in [-0.2, 0) is 4.79 Å². The van der Waals surface area contributed by atoms with Crippen molar-refractivity contribution in [2.24, 2.45) is 0 Å². The molecule has 0 fully saturated rings. The van der Waals surface area contributed by atoms with Crippen molar-refractivity contribution in [1.29, 1.82) is 0 Å². The van der Waals surface area contributed by atoms with Gasteiger partial charge in [-0.05, 0) is 41.8 Å². The van der Waals surface area contributed by atoms with E-state index in [1.54, 1.807) is 6.92 Å². The van der Waals surface area contributed by atoms with E-state index in [4.69, 9.17) is 0 Å². The van der Waals surface area contributed by atoms with Gasteiger partial charge in [-0.15, -0.1) is 0 Å². The third kappa shape index (κ3) is 2.03. The lowest BCUT2D eigenvalue weighted by Gasteiger charge is -2.02. The number of carbonyl (C=O) groups is 1. The van der Waals surface area contributed by atoms with Crippen LogP contribution in [-0.4, -0.2) is 5.78 Å². The largest absolute Gasteiger partial charge is 0.295 e. The first kappa shape index (κ1) is 10.6. The second-order valence-electron chi connectivity index (χ2n) is 3.95. The smallest absolute Gasteiger partial charge is 0.155 e. The van der Waals surface area contributed by atoms with Crippen LogP contribution in [0.5, 0.6) is 0 Å². The number of rotatable bonds is 2. The number of Topliss-reactive ketones (excluding diaryl/α,β-unsaturated/α-hetero) is 1. The molecule has 0 radical (unpaired) electrons. The molecule has 2 aromatic carbocycles. The maximum atomic E-state index is 11.2. The summed E-state index contributed by atoms with van der Waals surface area (Å²) in [4.78, 5) is 11.2. The first-order valence-corrected chi connectivity index (χ1v) is 5.35. The van der Waals surface area contributed by atoms with Gasteiger partial charge in [-0.2, -0.15) is 0 Å². The number of fused-ring (bicyclic) bond motifs is 1. The van der Waals surface area contributed by atoms with Gasteiger partial charge in [0.25, 0.3) is 0 Å². The van der Waals surface area contributed by atoms with Gasteiger partial charge in [0, 0.05) is 0 Å². The molecule has 0 heterocycles. The molecule has 0 spiro atoms. The summed E-state index contributed by atoms with van der Waals surface area (Å²) in [5, 5.41) is 2.39. The Morgan fingerprint density at radius 3 is 2.44 bits per heavy atom. The van der Waals surface area contributed by atoms with Crippen LogP contribution in [0.25, 0.3) is 16.8 Å². The standard InChI is InChI=1S/C15H14O/c1-11(12(2)16)10-14-8-5-7-13-6-3-4-9-15(13)14/h3-10H,1-2H3. The molecule has 0 atom stereocenters. The normalized spacial score (nSPS) is 11.8. The lowest BCUT2D eigenvalue weighted by atomic mass is 10.0. The molecule has 0 saturated heterocycles. The van der Waals surface area contributed by atoms with Crippen LogP contribution >= 0.6 is 0 Å². The highest BCUT2D eigenvalue weighted by atomic mass is 16.1. The van der Waals surface area contributed by atoms with Gasteiger partial charge in [0.2, 0.25) is 0 Å². The van der Waals surface area contributed by atoms with Crippen LogP contribution < -0.4 is 0 Å². The van der Waals surface area contributed by atoms with Gasteiger partial charge < -0.3 is 0 Å². The lowest BCUT2D eigenvalue weighted by Crippen LogP contribution is -1.91. The number of benzene rings is 2. The molecule has 1 heteroatoms. The zero-order chi connectivity index (χ0) is 11.5. The summed E-state index contributed by atoms with van der Waals surface area (Å²) in [5.74, 6) is 0.118. The van der Waals surface area contributed by atoms with Crippen molar-refractivity contribution in [1.82, 2.24) is 0 Å². The summed E-state index contributed by atoms with van der Waals surface area (Å²) in [6.45, 7) is 3.45. The molecule has 0 aliphatic rings. The lowest BCUT2D eigenvalue weighted by molar-refractivity contribution is -0.113. The fraction of sp³-hybridized carbons (Fsp3) is 0.133. The Morgan fingerprint density at radius 2 is 1.69 bits per heavy atom. The van der Waals surface area contributed by atoms with E-state index in [0.717, 1.165) is 11.1 Å². The number of hydrogen-bond donors (Lipinski definition) is 0. The molecule has 0 amide bonds. The first-order valence-electron chi connectivity index (χ1n) is 5.35. The molecule has 80 valence electrons. The van der Waals surface area contributed by atoms with Crippen LogP contribution in [0.4, 0.5) is 0 Å². The van der Waals surface area contributed by atoms with Crippen molar-refractivity contribution in [2.75, 3.05) is 0 Å². The summed E-state index contributed by atoms with van der Waals surface area (Å²) < 4.78 is 0. The van der Waals surface area contributed by atoms with Gasteiger partial charge in [0.1, 0.15) is 0 Å². The second-order valence-corrected chi connectivity index (χ2v) is 3.95. The van der Waals surface area contributed by atoms with Crippen molar-refractivity contribution in [3.8, 4) is 0 Å². The Kier molecular flexibility index (Phi) is 2.86. The van der Waals surface area contributed by atoms with Crippen molar-refractivity contribution in [3.05, 3.63) is 53.6 Å². The summed E-state index contributed by atoms with van der Waals surface area (Å²) in [5.41, 5.74) is 1.89. The maximum Gasteiger partial charge on any atom is 0.155 e. The maximum absolute atomic E-state index is 11.2. The van der Waals surface area contributed by atoms with Gasteiger partial charge in [0.05, 0.1) is 0 Å². The molecule has 0 unspecified atom stereocenters. The van der Waals surface area contributed by atoms with E-state index in [2.05, 4.69) is 18.2 Å². The minimum absolute atomic E-state index is 0.118. The fourth-order valence-electron chi connectivity index (χ4n) is 1.71. The Labute approximate surface area is 95.4 Å². The van der Waals surface area contributed by atoms with Crippen LogP contribution in [0.2, 0.25) is 0 Å². The van der Waals surface area contributed by atoms with Gasteiger partial charge >= 0.3 is 0 Å². The molecule has 2 aromatic rings. The average molecular weight is 210 g/mol. The highest BCUT2D eigenvalue weighted by molar-refractivity contribution is 6.00. The Hall–Kier alpha value is -1.89. The van der Waals surface area contributed by atoms with E-state index in [0.29, 0.717) is 0 Å². The second kappa shape index (κ2) is 4.31. The summed E-state index contributed by atoms with van der Waals surface area (Å²) in [7, 11) is 0. The molecule has 0 aliphatic heterocycles. The number of hydrogen-bond acceptors (Lipinski definition) is 1. The predicted octanol–water partition coefficient (Wildman–Crippen LogP) is 3.83. The molecule has 0 saturated carbocycles. The van der Waals surface area contributed by atoms with Crippen LogP contribution in [0.1, 0.15) is 19.4 Å². The van der Waals surface area contributed by atoms with Crippen molar-refractivity contribution in [2.45, 2.75) is 13.8 Å². The zero-order valence-corrected chi connectivity index (χ0v) is 9.53. The minimum Gasteiger partial charge on any atom is -0.295 e. The minimum atomic E-state index is 0.118. The van der Waals surface area contributed by atoms with E-state index in [1.807, 2.05) is 37.3 Å². The van der Waals surface area contributed by atoms with Gasteiger partial charge in [-0.3, -0.25) is 4.79 Å². The first-order chi connectivity index (χ1) is 7.68. The van der Waals surface area contributed by atoms with E-state index >= 15 is 0 Å². The number of allylic oxidation sites excluding steroid dienone is 1. The highest BCUT2D eigenvalue weighted by Gasteiger charge is 2.00. The molecule has 0 bridgehead atoms. The molecule has 16 heavy (non-hydrogen) atoms. The quantitative estimate of drug-likeness (QED) is 0.688. The molecule has 0 N–H and O–H groups in total. The van der Waals surface area contributed by atoms with Crippen LogP contribution in [0.15, 0.2) is 48.0 Å². The molecule has 0 aliphatic carbocycles. The topological polar surface area (TPSA) is 17.1 Å². The molecule has 0 aromatic heterocycles. The average Bonchev–Trinajstić information content (AvgIpc) is 2.29. The van der Waals surface area contributed by atoms with E-state index in [9.17, 15) is 4.79 Å².